The smallest absolute Gasteiger partial charge is 0.115 e. The highest BCUT2D eigenvalue weighted by Gasteiger charge is 2.28. The lowest BCUT2D eigenvalue weighted by Crippen LogP contribution is -2.46. The molecule has 2 N–H and O–H groups in total. The Morgan fingerprint density at radius 2 is 1.75 bits per heavy atom. The number of aryl methyl sites for hydroxylation is 1. The molecule has 0 bridgehead atoms. The average Bonchev–Trinajstić information content (AvgIpc) is 2.42. The topological polar surface area (TPSA) is 32.3 Å². The van der Waals surface area contributed by atoms with E-state index in [1.807, 2.05) is 12.1 Å². The van der Waals surface area contributed by atoms with Crippen molar-refractivity contribution in [3.05, 3.63) is 29.8 Å². The van der Waals surface area contributed by atoms with Gasteiger partial charge in [0.2, 0.25) is 0 Å². The van der Waals surface area contributed by atoms with E-state index in [4.69, 9.17) is 0 Å². The van der Waals surface area contributed by atoms with Gasteiger partial charge in [-0.25, -0.2) is 0 Å². The Morgan fingerprint density at radius 1 is 1.15 bits per heavy atom. The predicted molar refractivity (Wildman–Crippen MR) is 85.0 cm³/mol. The Bertz CT molecular complexity index is 390. The summed E-state index contributed by atoms with van der Waals surface area (Å²) in [5.41, 5.74) is 1.31. The number of benzene rings is 1. The Balaban J connectivity index is 1.79. The van der Waals surface area contributed by atoms with E-state index in [2.05, 4.69) is 26.1 Å². The Kier molecular flexibility index (Phi) is 5.47. The van der Waals surface area contributed by atoms with Gasteiger partial charge in [-0.15, -0.1) is 0 Å². The van der Waals surface area contributed by atoms with Crippen LogP contribution in [-0.4, -0.2) is 17.2 Å². The molecular formula is C18H29NO. The van der Waals surface area contributed by atoms with Gasteiger partial charge in [0, 0.05) is 12.1 Å². The fraction of sp³-hybridized carbons (Fsp3) is 0.667. The van der Waals surface area contributed by atoms with E-state index < -0.39 is 0 Å². The molecule has 0 heterocycles. The molecule has 2 heteroatoms. The van der Waals surface area contributed by atoms with Gasteiger partial charge < -0.3 is 10.4 Å². The summed E-state index contributed by atoms with van der Waals surface area (Å²) < 4.78 is 0. The molecule has 1 aliphatic rings. The van der Waals surface area contributed by atoms with Crippen LogP contribution in [0.5, 0.6) is 5.75 Å². The number of hydrogen-bond acceptors (Lipinski definition) is 2. The zero-order valence-corrected chi connectivity index (χ0v) is 13.1. The third-order valence-electron chi connectivity index (χ3n) is 4.82. The largest absolute Gasteiger partial charge is 0.508 e. The van der Waals surface area contributed by atoms with E-state index in [1.54, 1.807) is 12.1 Å². The molecule has 3 unspecified atom stereocenters. The lowest BCUT2D eigenvalue weighted by atomic mass is 9.78. The fourth-order valence-corrected chi connectivity index (χ4v) is 3.47. The third-order valence-corrected chi connectivity index (χ3v) is 4.82. The zero-order chi connectivity index (χ0) is 14.5. The van der Waals surface area contributed by atoms with Crippen molar-refractivity contribution in [2.75, 3.05) is 0 Å². The molecule has 1 aromatic carbocycles. The van der Waals surface area contributed by atoms with Crippen molar-refractivity contribution in [3.8, 4) is 5.75 Å². The van der Waals surface area contributed by atoms with E-state index in [0.717, 1.165) is 24.7 Å². The van der Waals surface area contributed by atoms with E-state index in [9.17, 15) is 5.11 Å². The minimum atomic E-state index is 0.352. The maximum Gasteiger partial charge on any atom is 0.115 e. The minimum absolute atomic E-state index is 0.352. The monoisotopic (exact) mass is 275 g/mol. The molecule has 1 aliphatic carbocycles. The average molecular weight is 275 g/mol. The van der Waals surface area contributed by atoms with Gasteiger partial charge in [0.05, 0.1) is 0 Å². The lowest BCUT2D eigenvalue weighted by molar-refractivity contribution is 0.193. The molecule has 0 radical (unpaired) electrons. The first-order valence-corrected chi connectivity index (χ1v) is 8.10. The summed E-state index contributed by atoms with van der Waals surface area (Å²) in [5.74, 6) is 1.95. The molecule has 2 nitrogen and oxygen atoms in total. The fourth-order valence-electron chi connectivity index (χ4n) is 3.47. The summed E-state index contributed by atoms with van der Waals surface area (Å²) in [6.45, 7) is 7.08. The highest BCUT2D eigenvalue weighted by atomic mass is 16.3. The SMILES string of the molecule is CC(CCc1ccc(O)cc1)NC1C(C)CCCC1C. The van der Waals surface area contributed by atoms with Crippen LogP contribution < -0.4 is 5.32 Å². The van der Waals surface area contributed by atoms with Crippen LogP contribution in [0, 0.1) is 11.8 Å². The molecule has 1 fully saturated rings. The Morgan fingerprint density at radius 3 is 2.35 bits per heavy atom. The first kappa shape index (κ1) is 15.4. The Hall–Kier alpha value is -1.02. The van der Waals surface area contributed by atoms with Gasteiger partial charge in [-0.05, 0) is 62.1 Å². The summed E-state index contributed by atoms with van der Waals surface area (Å²) in [6, 6.07) is 8.83. The van der Waals surface area contributed by atoms with Crippen molar-refractivity contribution in [1.29, 1.82) is 0 Å². The van der Waals surface area contributed by atoms with Gasteiger partial charge in [0.1, 0.15) is 5.75 Å². The van der Waals surface area contributed by atoms with Crippen molar-refractivity contribution in [1.82, 2.24) is 5.32 Å². The van der Waals surface area contributed by atoms with Crippen molar-refractivity contribution in [2.45, 2.75) is 65.0 Å². The molecular weight excluding hydrogens is 246 g/mol. The molecule has 0 saturated heterocycles. The van der Waals surface area contributed by atoms with Gasteiger partial charge in [0.25, 0.3) is 0 Å². The molecule has 0 amide bonds. The molecule has 0 aliphatic heterocycles. The molecule has 1 saturated carbocycles. The Labute approximate surface area is 123 Å². The quantitative estimate of drug-likeness (QED) is 0.847. The van der Waals surface area contributed by atoms with Crippen molar-refractivity contribution < 1.29 is 5.11 Å². The van der Waals surface area contributed by atoms with Crippen LogP contribution in [0.3, 0.4) is 0 Å². The van der Waals surface area contributed by atoms with Gasteiger partial charge in [-0.3, -0.25) is 0 Å². The number of hydrogen-bond donors (Lipinski definition) is 2. The summed E-state index contributed by atoms with van der Waals surface area (Å²) in [5, 5.41) is 13.1. The summed E-state index contributed by atoms with van der Waals surface area (Å²) in [4.78, 5) is 0. The molecule has 20 heavy (non-hydrogen) atoms. The normalized spacial score (nSPS) is 28.2. The van der Waals surface area contributed by atoms with E-state index >= 15 is 0 Å². The van der Waals surface area contributed by atoms with Crippen LogP contribution in [0.15, 0.2) is 24.3 Å². The van der Waals surface area contributed by atoms with Crippen LogP contribution >= 0.6 is 0 Å². The maximum atomic E-state index is 9.30. The van der Waals surface area contributed by atoms with Crippen LogP contribution in [0.4, 0.5) is 0 Å². The van der Waals surface area contributed by atoms with E-state index in [0.29, 0.717) is 17.8 Å². The maximum absolute atomic E-state index is 9.30. The number of nitrogens with one attached hydrogen (secondary N) is 1. The zero-order valence-electron chi connectivity index (χ0n) is 13.1. The van der Waals surface area contributed by atoms with Crippen molar-refractivity contribution >= 4 is 0 Å². The first-order chi connectivity index (χ1) is 9.56. The summed E-state index contributed by atoms with van der Waals surface area (Å²) >= 11 is 0. The highest BCUT2D eigenvalue weighted by Crippen LogP contribution is 2.29. The summed E-state index contributed by atoms with van der Waals surface area (Å²) in [6.07, 6.45) is 6.35. The van der Waals surface area contributed by atoms with Crippen molar-refractivity contribution in [2.24, 2.45) is 11.8 Å². The second-order valence-electron chi connectivity index (χ2n) is 6.68. The number of aromatic hydroxyl groups is 1. The van der Waals surface area contributed by atoms with Crippen molar-refractivity contribution in [3.63, 3.8) is 0 Å². The van der Waals surface area contributed by atoms with E-state index in [1.165, 1.54) is 24.8 Å². The van der Waals surface area contributed by atoms with Crippen LogP contribution in [-0.2, 0) is 6.42 Å². The van der Waals surface area contributed by atoms with Gasteiger partial charge >= 0.3 is 0 Å². The molecule has 3 atom stereocenters. The molecule has 0 spiro atoms. The lowest BCUT2D eigenvalue weighted by Gasteiger charge is -2.37. The number of phenols is 1. The van der Waals surface area contributed by atoms with Crippen LogP contribution in [0.2, 0.25) is 0 Å². The second-order valence-corrected chi connectivity index (χ2v) is 6.68. The van der Waals surface area contributed by atoms with Crippen LogP contribution in [0.1, 0.15) is 52.0 Å². The standard InChI is InChI=1S/C18H29NO/c1-13-5-4-6-14(2)18(13)19-15(3)7-8-16-9-11-17(20)12-10-16/h9-15,18-20H,4-8H2,1-3H3. The van der Waals surface area contributed by atoms with Gasteiger partial charge in [-0.2, -0.15) is 0 Å². The first-order valence-electron chi connectivity index (χ1n) is 8.10. The van der Waals surface area contributed by atoms with Gasteiger partial charge in [0.15, 0.2) is 0 Å². The molecule has 0 aromatic heterocycles. The summed E-state index contributed by atoms with van der Waals surface area (Å²) in [7, 11) is 0. The minimum Gasteiger partial charge on any atom is -0.508 e. The van der Waals surface area contributed by atoms with Gasteiger partial charge in [-0.1, -0.05) is 32.4 Å². The number of rotatable bonds is 5. The molecule has 2 rings (SSSR count). The highest BCUT2D eigenvalue weighted by molar-refractivity contribution is 5.25. The molecule has 1 aromatic rings. The predicted octanol–water partition coefficient (Wildman–Crippen LogP) is 4.13. The number of phenolic OH excluding ortho intramolecular Hbond substituents is 1. The second kappa shape index (κ2) is 7.12. The van der Waals surface area contributed by atoms with E-state index in [-0.39, 0.29) is 0 Å². The third kappa shape index (κ3) is 4.24. The van der Waals surface area contributed by atoms with Crippen LogP contribution in [0.25, 0.3) is 0 Å². The molecule has 112 valence electrons.